The summed E-state index contributed by atoms with van der Waals surface area (Å²) in [7, 11) is 1.65. The number of ether oxygens (including phenoxy) is 1. The van der Waals surface area contributed by atoms with Crippen LogP contribution >= 0.6 is 0 Å². The number of benzene rings is 3. The lowest BCUT2D eigenvalue weighted by Gasteiger charge is -2.27. The number of carbonyl (C=O) groups excluding carboxylic acids is 1. The molecule has 1 amide bonds. The summed E-state index contributed by atoms with van der Waals surface area (Å²) in [5, 5.41) is 18.5. The fraction of sp³-hybridized carbons (Fsp3) is 0.312. The van der Waals surface area contributed by atoms with Crippen LogP contribution < -0.4 is 4.74 Å². The molecular weight excluding hydrogens is 474 g/mol. The summed E-state index contributed by atoms with van der Waals surface area (Å²) in [6, 6.07) is 20.0. The van der Waals surface area contributed by atoms with Crippen LogP contribution in [0.15, 0.2) is 60.7 Å². The van der Waals surface area contributed by atoms with Crippen molar-refractivity contribution in [2.75, 3.05) is 13.7 Å². The molecule has 2 N–H and O–H groups in total. The van der Waals surface area contributed by atoms with Crippen molar-refractivity contribution < 1.29 is 14.6 Å². The van der Waals surface area contributed by atoms with Crippen LogP contribution in [0.3, 0.4) is 0 Å². The second-order valence-electron chi connectivity index (χ2n) is 11.2. The number of nitrogens with one attached hydrogen (secondary N) is 1. The van der Waals surface area contributed by atoms with Crippen molar-refractivity contribution in [2.45, 2.75) is 52.5 Å². The van der Waals surface area contributed by atoms with Gasteiger partial charge in [0.15, 0.2) is 0 Å². The number of H-pyrrole nitrogens is 1. The third-order valence-electron chi connectivity index (χ3n) is 7.46. The minimum Gasteiger partial charge on any atom is -0.507 e. The van der Waals surface area contributed by atoms with Gasteiger partial charge in [-0.3, -0.25) is 9.89 Å². The van der Waals surface area contributed by atoms with Crippen LogP contribution in [-0.2, 0) is 11.8 Å². The van der Waals surface area contributed by atoms with E-state index in [0.717, 1.165) is 33.6 Å². The van der Waals surface area contributed by atoms with Gasteiger partial charge in [-0.1, -0.05) is 63.2 Å². The molecule has 196 valence electrons. The largest absolute Gasteiger partial charge is 0.507 e. The van der Waals surface area contributed by atoms with E-state index in [4.69, 9.17) is 4.74 Å². The van der Waals surface area contributed by atoms with Crippen LogP contribution in [0.2, 0.25) is 0 Å². The van der Waals surface area contributed by atoms with Crippen molar-refractivity contribution in [3.8, 4) is 22.8 Å². The van der Waals surface area contributed by atoms with Gasteiger partial charge in [-0.15, -0.1) is 0 Å². The molecule has 5 rings (SSSR count). The first-order valence-electron chi connectivity index (χ1n) is 13.0. The number of rotatable bonds is 6. The zero-order valence-corrected chi connectivity index (χ0v) is 22.9. The molecule has 2 heterocycles. The lowest BCUT2D eigenvalue weighted by atomic mass is 9.85. The van der Waals surface area contributed by atoms with Gasteiger partial charge in [0.1, 0.15) is 22.9 Å². The van der Waals surface area contributed by atoms with Crippen molar-refractivity contribution >= 4 is 5.91 Å². The molecular formula is C32H35N3O3. The van der Waals surface area contributed by atoms with Gasteiger partial charge < -0.3 is 14.7 Å². The molecule has 1 unspecified atom stereocenters. The number of hydrogen-bond acceptors (Lipinski definition) is 4. The van der Waals surface area contributed by atoms with Crippen LogP contribution in [0.1, 0.15) is 70.7 Å². The van der Waals surface area contributed by atoms with Crippen molar-refractivity contribution in [3.05, 3.63) is 99.7 Å². The van der Waals surface area contributed by atoms with E-state index in [9.17, 15) is 9.90 Å². The SMILES string of the molecule is COc1ccc(CCN2C(=O)c3[nH]nc(-c4cc(C)cc(C)c4O)c3C2c2ccc(C(C)(C)C)cc2)cc1. The molecule has 0 spiro atoms. The second-order valence-corrected chi connectivity index (χ2v) is 11.2. The summed E-state index contributed by atoms with van der Waals surface area (Å²) in [6.45, 7) is 11.0. The molecule has 38 heavy (non-hydrogen) atoms. The van der Waals surface area contributed by atoms with Gasteiger partial charge in [0, 0.05) is 17.7 Å². The predicted molar refractivity (Wildman–Crippen MR) is 150 cm³/mol. The van der Waals surface area contributed by atoms with Gasteiger partial charge in [-0.05, 0) is 71.7 Å². The number of phenols is 1. The first-order chi connectivity index (χ1) is 18.1. The van der Waals surface area contributed by atoms with E-state index in [1.54, 1.807) is 7.11 Å². The quantitative estimate of drug-likeness (QED) is 0.311. The lowest BCUT2D eigenvalue weighted by Crippen LogP contribution is -2.31. The maximum absolute atomic E-state index is 13.8. The molecule has 0 radical (unpaired) electrons. The fourth-order valence-electron chi connectivity index (χ4n) is 5.33. The highest BCUT2D eigenvalue weighted by Crippen LogP contribution is 2.45. The van der Waals surface area contributed by atoms with Gasteiger partial charge >= 0.3 is 0 Å². The van der Waals surface area contributed by atoms with Crippen molar-refractivity contribution in [1.29, 1.82) is 0 Å². The molecule has 0 fully saturated rings. The number of aryl methyl sites for hydroxylation is 2. The zero-order valence-electron chi connectivity index (χ0n) is 22.9. The molecule has 4 aromatic rings. The van der Waals surface area contributed by atoms with E-state index in [-0.39, 0.29) is 23.1 Å². The summed E-state index contributed by atoms with van der Waals surface area (Å²) >= 11 is 0. The smallest absolute Gasteiger partial charge is 0.273 e. The minimum atomic E-state index is -0.321. The normalized spacial score (nSPS) is 15.2. The Balaban J connectivity index is 1.59. The lowest BCUT2D eigenvalue weighted by molar-refractivity contribution is 0.0746. The van der Waals surface area contributed by atoms with E-state index in [1.807, 2.05) is 55.1 Å². The molecule has 0 saturated heterocycles. The van der Waals surface area contributed by atoms with Gasteiger partial charge in [0.25, 0.3) is 5.91 Å². The van der Waals surface area contributed by atoms with Crippen LogP contribution in [0.4, 0.5) is 0 Å². The maximum Gasteiger partial charge on any atom is 0.273 e. The zero-order chi connectivity index (χ0) is 27.2. The molecule has 1 aromatic heterocycles. The monoisotopic (exact) mass is 509 g/mol. The summed E-state index contributed by atoms with van der Waals surface area (Å²) in [5.41, 5.74) is 7.77. The molecule has 6 nitrogen and oxygen atoms in total. The van der Waals surface area contributed by atoms with Crippen LogP contribution in [0.25, 0.3) is 11.3 Å². The fourth-order valence-corrected chi connectivity index (χ4v) is 5.33. The molecule has 0 aliphatic carbocycles. The first kappa shape index (κ1) is 25.6. The van der Waals surface area contributed by atoms with Gasteiger partial charge in [-0.25, -0.2) is 0 Å². The average Bonchev–Trinajstić information content (AvgIpc) is 3.43. The Bertz CT molecular complexity index is 1480. The van der Waals surface area contributed by atoms with Gasteiger partial charge in [0.05, 0.1) is 13.2 Å². The summed E-state index contributed by atoms with van der Waals surface area (Å²) in [6.07, 6.45) is 0.703. The van der Waals surface area contributed by atoms with E-state index >= 15 is 0 Å². The summed E-state index contributed by atoms with van der Waals surface area (Å²) in [5.74, 6) is 0.915. The Morgan fingerprint density at radius 2 is 1.71 bits per heavy atom. The van der Waals surface area contributed by atoms with Crippen LogP contribution in [0.5, 0.6) is 11.5 Å². The van der Waals surface area contributed by atoms with Crippen molar-refractivity contribution in [1.82, 2.24) is 15.1 Å². The first-order valence-corrected chi connectivity index (χ1v) is 13.0. The van der Waals surface area contributed by atoms with Gasteiger partial charge in [-0.2, -0.15) is 5.10 Å². The van der Waals surface area contributed by atoms with E-state index in [0.29, 0.717) is 29.9 Å². The molecule has 3 aromatic carbocycles. The maximum atomic E-state index is 13.8. The molecule has 0 bridgehead atoms. The number of nitrogens with zero attached hydrogens (tertiary/aromatic N) is 2. The molecule has 1 aliphatic heterocycles. The highest BCUT2D eigenvalue weighted by molar-refractivity contribution is 6.00. The summed E-state index contributed by atoms with van der Waals surface area (Å²) < 4.78 is 5.29. The molecule has 6 heteroatoms. The number of aromatic hydroxyl groups is 1. The highest BCUT2D eigenvalue weighted by atomic mass is 16.5. The number of amides is 1. The van der Waals surface area contributed by atoms with E-state index < -0.39 is 0 Å². The summed E-state index contributed by atoms with van der Waals surface area (Å²) in [4.78, 5) is 15.7. The van der Waals surface area contributed by atoms with Gasteiger partial charge in [0.2, 0.25) is 0 Å². The third kappa shape index (κ3) is 4.55. The van der Waals surface area contributed by atoms with Crippen molar-refractivity contribution in [3.63, 3.8) is 0 Å². The Morgan fingerprint density at radius 1 is 1.03 bits per heavy atom. The Kier molecular flexibility index (Phi) is 6.51. The number of methoxy groups -OCH3 is 1. The Morgan fingerprint density at radius 3 is 2.34 bits per heavy atom. The molecule has 1 atom stereocenters. The van der Waals surface area contributed by atoms with Crippen molar-refractivity contribution in [2.24, 2.45) is 0 Å². The average molecular weight is 510 g/mol. The topological polar surface area (TPSA) is 78.5 Å². The van der Waals surface area contributed by atoms with Crippen LogP contribution in [-0.4, -0.2) is 39.8 Å². The number of aromatic nitrogens is 2. The number of phenolic OH excluding ortho intramolecular Hbond substituents is 1. The Hall–Kier alpha value is -4.06. The Labute approximate surface area is 224 Å². The third-order valence-corrected chi connectivity index (χ3v) is 7.46. The number of aromatic amines is 1. The second kappa shape index (κ2) is 9.67. The van der Waals surface area contributed by atoms with E-state index in [1.165, 1.54) is 5.56 Å². The standard InChI is InChI=1S/C32H35N3O3/c1-19-17-20(2)30(36)25(18-19)27-26-28(34-33-27)31(37)35(16-15-21-7-13-24(38-6)14-8-21)29(26)22-9-11-23(12-10-22)32(3,4)5/h7-14,17-18,29,36H,15-16H2,1-6H3,(H,33,34). The highest BCUT2D eigenvalue weighted by Gasteiger charge is 2.42. The number of hydrogen-bond donors (Lipinski definition) is 2. The molecule has 0 saturated carbocycles. The molecule has 1 aliphatic rings. The van der Waals surface area contributed by atoms with E-state index in [2.05, 4.69) is 55.2 Å². The minimum absolute atomic E-state index is 0.0227. The number of fused-ring (bicyclic) bond motifs is 1. The predicted octanol–water partition coefficient (Wildman–Crippen LogP) is 6.49. The van der Waals surface area contributed by atoms with Crippen LogP contribution in [0, 0.1) is 13.8 Å². The number of carbonyl (C=O) groups is 1.